The van der Waals surface area contributed by atoms with E-state index in [9.17, 15) is 5.11 Å². The zero-order valence-electron chi connectivity index (χ0n) is 11.8. The molecule has 0 aliphatic carbocycles. The minimum atomic E-state index is -0.290. The maximum Gasteiger partial charge on any atom is 0.228 e. The van der Waals surface area contributed by atoms with Crippen LogP contribution in [0.5, 0.6) is 5.88 Å². The third kappa shape index (κ3) is 3.54. The van der Waals surface area contributed by atoms with Gasteiger partial charge in [-0.2, -0.15) is 4.98 Å². The first kappa shape index (κ1) is 14.0. The van der Waals surface area contributed by atoms with Gasteiger partial charge in [0.1, 0.15) is 0 Å². The number of ether oxygens (including phenoxy) is 1. The number of anilines is 1. The molecule has 2 atom stereocenters. The van der Waals surface area contributed by atoms with Crippen LogP contribution in [0.4, 0.5) is 5.95 Å². The number of aromatic nitrogens is 2. The van der Waals surface area contributed by atoms with Gasteiger partial charge in [-0.15, -0.1) is 0 Å². The average Bonchev–Trinajstić information content (AvgIpc) is 2.40. The monoisotopic (exact) mass is 266 g/mol. The Kier molecular flexibility index (Phi) is 4.55. The Balaban J connectivity index is 2.01. The molecule has 1 aromatic rings. The Bertz CT molecular complexity index is 413. The van der Waals surface area contributed by atoms with E-state index in [1.807, 2.05) is 6.92 Å². The largest absolute Gasteiger partial charge is 0.481 e. The second kappa shape index (κ2) is 6.16. The lowest BCUT2D eigenvalue weighted by Crippen LogP contribution is -2.53. The number of rotatable bonds is 4. The van der Waals surface area contributed by atoms with E-state index in [0.29, 0.717) is 24.4 Å². The summed E-state index contributed by atoms with van der Waals surface area (Å²) in [5, 5.41) is 9.48. The van der Waals surface area contributed by atoms with Gasteiger partial charge < -0.3 is 14.7 Å². The molecule has 1 aromatic heterocycles. The molecule has 6 nitrogen and oxygen atoms in total. The minimum absolute atomic E-state index is 0.290. The van der Waals surface area contributed by atoms with Crippen molar-refractivity contribution < 1.29 is 9.84 Å². The smallest absolute Gasteiger partial charge is 0.228 e. The summed E-state index contributed by atoms with van der Waals surface area (Å²) in [5.74, 6) is 1.30. The predicted octanol–water partition coefficient (Wildman–Crippen LogP) is 0.376. The van der Waals surface area contributed by atoms with Crippen LogP contribution in [0.2, 0.25) is 0 Å². The van der Waals surface area contributed by atoms with Gasteiger partial charge in [-0.1, -0.05) is 0 Å². The van der Waals surface area contributed by atoms with Crippen molar-refractivity contribution in [2.75, 3.05) is 38.2 Å². The molecule has 0 radical (unpaired) electrons. The standard InChI is InChI=1S/C13H22N4O2/c1-10-8-17(7-6-16(10)9-11(2)18)13-14-5-4-12(15-13)19-3/h4-5,10-11,18H,6-9H2,1-3H3. The highest BCUT2D eigenvalue weighted by Gasteiger charge is 2.25. The second-order valence-corrected chi connectivity index (χ2v) is 5.04. The topological polar surface area (TPSA) is 61.7 Å². The van der Waals surface area contributed by atoms with Crippen molar-refractivity contribution in [1.29, 1.82) is 0 Å². The Labute approximate surface area is 114 Å². The second-order valence-electron chi connectivity index (χ2n) is 5.04. The number of nitrogens with zero attached hydrogens (tertiary/aromatic N) is 4. The maximum atomic E-state index is 9.48. The highest BCUT2D eigenvalue weighted by atomic mass is 16.5. The van der Waals surface area contributed by atoms with Crippen molar-refractivity contribution >= 4 is 5.95 Å². The molecule has 1 N–H and O–H groups in total. The van der Waals surface area contributed by atoms with Crippen molar-refractivity contribution in [3.05, 3.63) is 12.3 Å². The van der Waals surface area contributed by atoms with Crippen LogP contribution in [0.1, 0.15) is 13.8 Å². The number of aliphatic hydroxyl groups is 1. The van der Waals surface area contributed by atoms with Crippen molar-refractivity contribution in [1.82, 2.24) is 14.9 Å². The lowest BCUT2D eigenvalue weighted by atomic mass is 10.2. The van der Waals surface area contributed by atoms with E-state index >= 15 is 0 Å². The molecule has 106 valence electrons. The highest BCUT2D eigenvalue weighted by molar-refractivity contribution is 5.33. The summed E-state index contributed by atoms with van der Waals surface area (Å²) >= 11 is 0. The molecule has 1 aliphatic heterocycles. The number of hydrogen-bond donors (Lipinski definition) is 1. The molecular weight excluding hydrogens is 244 g/mol. The van der Waals surface area contributed by atoms with Gasteiger partial charge in [-0.05, 0) is 13.8 Å². The third-order valence-corrected chi connectivity index (χ3v) is 3.37. The van der Waals surface area contributed by atoms with E-state index in [1.165, 1.54) is 0 Å². The van der Waals surface area contributed by atoms with Gasteiger partial charge in [0.15, 0.2) is 0 Å². The molecule has 2 unspecified atom stereocenters. The first-order valence-corrected chi connectivity index (χ1v) is 6.64. The summed E-state index contributed by atoms with van der Waals surface area (Å²) in [6.07, 6.45) is 1.43. The van der Waals surface area contributed by atoms with Crippen LogP contribution in [0.15, 0.2) is 12.3 Å². The van der Waals surface area contributed by atoms with Crippen LogP contribution >= 0.6 is 0 Å². The van der Waals surface area contributed by atoms with Crippen LogP contribution < -0.4 is 9.64 Å². The number of methoxy groups -OCH3 is 1. The van der Waals surface area contributed by atoms with Crippen LogP contribution in [0.25, 0.3) is 0 Å². The fourth-order valence-electron chi connectivity index (χ4n) is 2.39. The van der Waals surface area contributed by atoms with E-state index < -0.39 is 0 Å². The molecule has 6 heteroatoms. The van der Waals surface area contributed by atoms with E-state index in [1.54, 1.807) is 19.4 Å². The molecule has 2 heterocycles. The van der Waals surface area contributed by atoms with Crippen LogP contribution in [0, 0.1) is 0 Å². The molecule has 2 rings (SSSR count). The van der Waals surface area contributed by atoms with Crippen molar-refractivity contribution in [3.63, 3.8) is 0 Å². The number of piperazine rings is 1. The molecule has 0 bridgehead atoms. The molecular formula is C13H22N4O2. The number of β-amino-alcohol motifs (C(OH)–C–C–N with tert-alkyl or cyclic N) is 1. The Morgan fingerprint density at radius 1 is 1.53 bits per heavy atom. The zero-order valence-corrected chi connectivity index (χ0v) is 11.8. The van der Waals surface area contributed by atoms with Crippen molar-refractivity contribution in [3.8, 4) is 5.88 Å². The van der Waals surface area contributed by atoms with E-state index in [2.05, 4.69) is 26.7 Å². The molecule has 1 saturated heterocycles. The summed E-state index contributed by atoms with van der Waals surface area (Å²) < 4.78 is 5.13. The summed E-state index contributed by atoms with van der Waals surface area (Å²) in [6, 6.07) is 2.12. The van der Waals surface area contributed by atoms with Gasteiger partial charge >= 0.3 is 0 Å². The fraction of sp³-hybridized carbons (Fsp3) is 0.692. The molecule has 0 saturated carbocycles. The van der Waals surface area contributed by atoms with Gasteiger partial charge in [0, 0.05) is 44.5 Å². The third-order valence-electron chi connectivity index (χ3n) is 3.37. The summed E-state index contributed by atoms with van der Waals surface area (Å²) in [5.41, 5.74) is 0. The zero-order chi connectivity index (χ0) is 13.8. The van der Waals surface area contributed by atoms with Gasteiger partial charge in [0.05, 0.1) is 13.2 Å². The maximum absolute atomic E-state index is 9.48. The van der Waals surface area contributed by atoms with E-state index in [4.69, 9.17) is 4.74 Å². The van der Waals surface area contributed by atoms with E-state index in [-0.39, 0.29) is 6.10 Å². The minimum Gasteiger partial charge on any atom is -0.481 e. The first-order chi connectivity index (χ1) is 9.10. The summed E-state index contributed by atoms with van der Waals surface area (Å²) in [6.45, 7) is 7.34. The number of aliphatic hydroxyl groups excluding tert-OH is 1. The summed E-state index contributed by atoms with van der Waals surface area (Å²) in [7, 11) is 1.61. The highest BCUT2D eigenvalue weighted by Crippen LogP contribution is 2.17. The summed E-state index contributed by atoms with van der Waals surface area (Å²) in [4.78, 5) is 13.1. The van der Waals surface area contributed by atoms with Gasteiger partial charge in [0.2, 0.25) is 11.8 Å². The van der Waals surface area contributed by atoms with E-state index in [0.717, 1.165) is 19.6 Å². The SMILES string of the molecule is COc1ccnc(N2CCN(CC(C)O)C(C)C2)n1. The quantitative estimate of drug-likeness (QED) is 0.850. The fourth-order valence-corrected chi connectivity index (χ4v) is 2.39. The molecule has 0 aromatic carbocycles. The lowest BCUT2D eigenvalue weighted by molar-refractivity contribution is 0.0957. The Morgan fingerprint density at radius 2 is 2.32 bits per heavy atom. The van der Waals surface area contributed by atoms with Gasteiger partial charge in [0.25, 0.3) is 0 Å². The van der Waals surface area contributed by atoms with Crippen LogP contribution in [-0.2, 0) is 0 Å². The van der Waals surface area contributed by atoms with Crippen LogP contribution in [0.3, 0.4) is 0 Å². The average molecular weight is 266 g/mol. The predicted molar refractivity (Wildman–Crippen MR) is 73.5 cm³/mol. The number of hydrogen-bond acceptors (Lipinski definition) is 6. The van der Waals surface area contributed by atoms with Gasteiger partial charge in [-0.25, -0.2) is 4.98 Å². The lowest BCUT2D eigenvalue weighted by Gasteiger charge is -2.40. The first-order valence-electron chi connectivity index (χ1n) is 6.64. The normalized spacial score (nSPS) is 22.3. The van der Waals surface area contributed by atoms with Crippen molar-refractivity contribution in [2.24, 2.45) is 0 Å². The molecule has 1 aliphatic rings. The molecule has 0 amide bonds. The molecule has 0 spiro atoms. The molecule has 1 fully saturated rings. The van der Waals surface area contributed by atoms with Crippen molar-refractivity contribution in [2.45, 2.75) is 26.0 Å². The van der Waals surface area contributed by atoms with Gasteiger partial charge in [-0.3, -0.25) is 4.90 Å². The molecule has 19 heavy (non-hydrogen) atoms. The van der Waals surface area contributed by atoms with Crippen LogP contribution in [-0.4, -0.2) is 65.4 Å². The Morgan fingerprint density at radius 3 is 2.95 bits per heavy atom. The Hall–Kier alpha value is -1.40.